The van der Waals surface area contributed by atoms with Gasteiger partial charge in [0.25, 0.3) is 0 Å². The highest BCUT2D eigenvalue weighted by Crippen LogP contribution is 2.37. The Hall–Kier alpha value is -1.60. The highest BCUT2D eigenvalue weighted by molar-refractivity contribution is 5.84. The van der Waals surface area contributed by atoms with Crippen LogP contribution in [0.5, 0.6) is 0 Å². The number of hydrogen-bond donors (Lipinski definition) is 3. The molecule has 1 aliphatic heterocycles. The van der Waals surface area contributed by atoms with E-state index in [4.69, 9.17) is 4.74 Å². The summed E-state index contributed by atoms with van der Waals surface area (Å²) in [6.45, 7) is 23.4. The van der Waals surface area contributed by atoms with Crippen LogP contribution in [0.2, 0.25) is 0 Å². The van der Waals surface area contributed by atoms with Gasteiger partial charge in [0.15, 0.2) is 0 Å². The van der Waals surface area contributed by atoms with E-state index in [1.165, 1.54) is 5.06 Å². The zero-order valence-corrected chi connectivity index (χ0v) is 23.0. The molecular weight excluding hydrogens is 418 g/mol. The first kappa shape index (κ1) is 29.4. The molecule has 0 aromatic carbocycles. The molecule has 0 saturated carbocycles. The van der Waals surface area contributed by atoms with E-state index in [1.54, 1.807) is 0 Å². The predicted octanol–water partition coefficient (Wildman–Crippen LogP) is 5.43. The summed E-state index contributed by atoms with van der Waals surface area (Å²) in [5.74, 6) is 0.295. The number of amides is 2. The molecule has 1 heterocycles. The van der Waals surface area contributed by atoms with Gasteiger partial charge in [-0.1, -0.05) is 25.5 Å². The van der Waals surface area contributed by atoms with Crippen LogP contribution < -0.4 is 10.6 Å². The molecule has 1 atom stereocenters. The van der Waals surface area contributed by atoms with E-state index in [-0.39, 0.29) is 18.0 Å². The van der Waals surface area contributed by atoms with Crippen molar-refractivity contribution in [2.75, 3.05) is 0 Å². The van der Waals surface area contributed by atoms with E-state index in [2.05, 4.69) is 24.5 Å². The minimum Gasteiger partial charge on any atom is -0.444 e. The third-order valence-electron chi connectivity index (χ3n) is 6.10. The molecule has 2 amide bonds. The molecule has 0 aromatic heterocycles. The standard InChI is InChI=1S/C26H49N3O4/c1-17(2)13-20(28-22(31)33-23(4,5)6)18(3)14-24(7,8)21(30)27-19-15-25(9,10)29(32)26(11,12)16-19/h14,17,19-20,32H,13,15-16H2,1-12H3,(H,27,30)(H,28,31)/b18-14+/t20-/m0/s1. The van der Waals surface area contributed by atoms with Crippen LogP contribution in [0.15, 0.2) is 11.6 Å². The van der Waals surface area contributed by atoms with E-state index in [0.717, 1.165) is 12.0 Å². The zero-order valence-electron chi connectivity index (χ0n) is 23.0. The lowest BCUT2D eigenvalue weighted by Gasteiger charge is -2.51. The molecule has 7 nitrogen and oxygen atoms in total. The van der Waals surface area contributed by atoms with Crippen molar-refractivity contribution in [3.8, 4) is 0 Å². The highest BCUT2D eigenvalue weighted by atomic mass is 16.6. The van der Waals surface area contributed by atoms with Crippen LogP contribution in [0.4, 0.5) is 4.79 Å². The number of carbonyl (C=O) groups is 2. The average Bonchev–Trinajstić information content (AvgIpc) is 2.55. The summed E-state index contributed by atoms with van der Waals surface area (Å²) in [4.78, 5) is 25.7. The fraction of sp³-hybridized carbons (Fsp3) is 0.846. The second-order valence-corrected chi connectivity index (χ2v) is 13.0. The summed E-state index contributed by atoms with van der Waals surface area (Å²) < 4.78 is 5.44. The van der Waals surface area contributed by atoms with E-state index >= 15 is 0 Å². The van der Waals surface area contributed by atoms with Crippen LogP contribution in [0.3, 0.4) is 0 Å². The van der Waals surface area contributed by atoms with Gasteiger partial charge in [-0.05, 0) is 94.4 Å². The molecule has 0 spiro atoms. The second-order valence-electron chi connectivity index (χ2n) is 13.0. The summed E-state index contributed by atoms with van der Waals surface area (Å²) >= 11 is 0. The summed E-state index contributed by atoms with van der Waals surface area (Å²) in [6, 6.07) is -0.257. The lowest BCUT2D eigenvalue weighted by molar-refractivity contribution is -0.246. The van der Waals surface area contributed by atoms with Crippen molar-refractivity contribution in [2.45, 2.75) is 131 Å². The molecule has 0 bridgehead atoms. The van der Waals surface area contributed by atoms with Gasteiger partial charge in [0.1, 0.15) is 5.60 Å². The SMILES string of the molecule is C/C(=C\C(C)(C)C(=O)NC1CC(C)(C)N(O)C(C)(C)C1)[C@H](CC(C)C)NC(=O)OC(C)(C)C. The Balaban J connectivity index is 3.00. The summed E-state index contributed by atoms with van der Waals surface area (Å²) in [5.41, 5.74) is -1.28. The monoisotopic (exact) mass is 467 g/mol. The maximum Gasteiger partial charge on any atom is 0.408 e. The fourth-order valence-electron chi connectivity index (χ4n) is 4.76. The Labute approximate surface area is 201 Å². The minimum absolute atomic E-state index is 0.0368. The number of carbonyl (C=O) groups excluding carboxylic acids is 2. The maximum absolute atomic E-state index is 13.3. The van der Waals surface area contributed by atoms with Crippen molar-refractivity contribution < 1.29 is 19.5 Å². The molecule has 192 valence electrons. The van der Waals surface area contributed by atoms with Crippen molar-refractivity contribution in [1.82, 2.24) is 15.7 Å². The van der Waals surface area contributed by atoms with Crippen LogP contribution in [-0.2, 0) is 9.53 Å². The van der Waals surface area contributed by atoms with Gasteiger partial charge in [-0.15, -0.1) is 0 Å². The first-order valence-electron chi connectivity index (χ1n) is 12.2. The van der Waals surface area contributed by atoms with Crippen LogP contribution >= 0.6 is 0 Å². The van der Waals surface area contributed by atoms with Gasteiger partial charge in [-0.2, -0.15) is 5.06 Å². The predicted molar refractivity (Wildman–Crippen MR) is 133 cm³/mol. The molecule has 7 heteroatoms. The number of hydrogen-bond acceptors (Lipinski definition) is 5. The number of rotatable bonds is 7. The quantitative estimate of drug-likeness (QED) is 0.435. The van der Waals surface area contributed by atoms with Gasteiger partial charge in [0, 0.05) is 17.1 Å². The van der Waals surface area contributed by atoms with Crippen molar-refractivity contribution in [2.24, 2.45) is 11.3 Å². The van der Waals surface area contributed by atoms with Gasteiger partial charge < -0.3 is 20.6 Å². The normalized spacial score (nSPS) is 21.0. The third-order valence-corrected chi connectivity index (χ3v) is 6.10. The lowest BCUT2D eigenvalue weighted by Crippen LogP contribution is -2.63. The zero-order chi connectivity index (χ0) is 26.0. The Kier molecular flexibility index (Phi) is 9.23. The number of alkyl carbamates (subject to hydrolysis) is 1. The van der Waals surface area contributed by atoms with E-state index in [1.807, 2.05) is 75.3 Å². The maximum atomic E-state index is 13.3. The Bertz CT molecular complexity index is 714. The number of hydroxylamine groups is 2. The van der Waals surface area contributed by atoms with Crippen LogP contribution in [0.25, 0.3) is 0 Å². The Morgan fingerprint density at radius 2 is 1.58 bits per heavy atom. The van der Waals surface area contributed by atoms with E-state index in [9.17, 15) is 14.8 Å². The molecule has 0 radical (unpaired) electrons. The molecule has 1 rings (SSSR count). The summed E-state index contributed by atoms with van der Waals surface area (Å²) in [6.07, 6.45) is 3.56. The molecule has 1 fully saturated rings. The number of nitrogens with zero attached hydrogens (tertiary/aromatic N) is 1. The molecule has 0 aliphatic carbocycles. The van der Waals surface area contributed by atoms with Crippen LogP contribution in [0.1, 0.15) is 102 Å². The highest BCUT2D eigenvalue weighted by Gasteiger charge is 2.46. The van der Waals surface area contributed by atoms with Crippen LogP contribution in [-0.4, -0.2) is 51.0 Å². The molecular formula is C26H49N3O4. The van der Waals surface area contributed by atoms with E-state index < -0.39 is 28.2 Å². The first-order valence-corrected chi connectivity index (χ1v) is 12.2. The van der Waals surface area contributed by atoms with Gasteiger partial charge in [0.05, 0.1) is 11.5 Å². The smallest absolute Gasteiger partial charge is 0.408 e. The van der Waals surface area contributed by atoms with Gasteiger partial charge >= 0.3 is 6.09 Å². The molecule has 1 saturated heterocycles. The van der Waals surface area contributed by atoms with Crippen molar-refractivity contribution in [1.29, 1.82) is 0 Å². The van der Waals surface area contributed by atoms with Crippen molar-refractivity contribution >= 4 is 12.0 Å². The van der Waals surface area contributed by atoms with Crippen molar-refractivity contribution in [3.63, 3.8) is 0 Å². The molecule has 1 aliphatic rings. The first-order chi connectivity index (χ1) is 14.7. The van der Waals surface area contributed by atoms with E-state index in [0.29, 0.717) is 18.8 Å². The average molecular weight is 468 g/mol. The molecule has 33 heavy (non-hydrogen) atoms. The second kappa shape index (κ2) is 10.3. The molecule has 3 N–H and O–H groups in total. The van der Waals surface area contributed by atoms with Crippen LogP contribution in [0, 0.1) is 11.3 Å². The largest absolute Gasteiger partial charge is 0.444 e. The van der Waals surface area contributed by atoms with Gasteiger partial charge in [-0.3, -0.25) is 4.79 Å². The summed E-state index contributed by atoms with van der Waals surface area (Å²) in [7, 11) is 0. The number of ether oxygens (including phenoxy) is 1. The minimum atomic E-state index is -0.764. The number of nitrogens with one attached hydrogen (secondary N) is 2. The molecule has 0 aromatic rings. The Morgan fingerprint density at radius 3 is 2.00 bits per heavy atom. The lowest BCUT2D eigenvalue weighted by atomic mass is 9.78. The third kappa shape index (κ3) is 8.93. The summed E-state index contributed by atoms with van der Waals surface area (Å²) in [5, 5.41) is 18.1. The number of piperidine rings is 1. The molecule has 0 unspecified atom stereocenters. The van der Waals surface area contributed by atoms with Crippen molar-refractivity contribution in [3.05, 3.63) is 11.6 Å². The Morgan fingerprint density at radius 1 is 1.09 bits per heavy atom. The van der Waals surface area contributed by atoms with Gasteiger partial charge in [0.2, 0.25) is 5.91 Å². The fourth-order valence-corrected chi connectivity index (χ4v) is 4.76. The topological polar surface area (TPSA) is 90.9 Å². The van der Waals surface area contributed by atoms with Gasteiger partial charge in [-0.25, -0.2) is 4.79 Å².